The highest BCUT2D eigenvalue weighted by molar-refractivity contribution is 5.80. The first kappa shape index (κ1) is 16.0. The summed E-state index contributed by atoms with van der Waals surface area (Å²) in [7, 11) is 0. The molecule has 0 atom stereocenters. The second-order valence-corrected chi connectivity index (χ2v) is 4.61. The van der Waals surface area contributed by atoms with E-state index >= 15 is 0 Å². The number of hydrogen-bond donors (Lipinski definition) is 2. The van der Waals surface area contributed by atoms with Crippen molar-refractivity contribution in [2.75, 3.05) is 6.61 Å². The zero-order valence-corrected chi connectivity index (χ0v) is 11.9. The lowest BCUT2D eigenvalue weighted by Crippen LogP contribution is -2.23. The molecular formula is C15H21NO4. The van der Waals surface area contributed by atoms with Crippen LogP contribution in [0.3, 0.4) is 0 Å². The number of carbonyl (C=O) groups is 2. The Bertz CT molecular complexity index is 471. The number of carbonyl (C=O) groups excluding carboxylic acids is 1. The van der Waals surface area contributed by atoms with Gasteiger partial charge in [0.15, 0.2) is 0 Å². The second-order valence-electron chi connectivity index (χ2n) is 4.61. The minimum atomic E-state index is -0.964. The topological polar surface area (TPSA) is 75.6 Å². The van der Waals surface area contributed by atoms with Gasteiger partial charge in [0.25, 0.3) is 0 Å². The first-order chi connectivity index (χ1) is 9.52. The van der Waals surface area contributed by atoms with E-state index < -0.39 is 5.97 Å². The normalized spacial score (nSPS) is 10.1. The summed E-state index contributed by atoms with van der Waals surface area (Å²) in [5, 5.41) is 11.2. The smallest absolute Gasteiger partial charge is 0.303 e. The number of nitrogens with one attached hydrogen (secondary N) is 1. The molecule has 110 valence electrons. The Kier molecular flexibility index (Phi) is 6.56. The first-order valence-corrected chi connectivity index (χ1v) is 6.73. The Morgan fingerprint density at radius 3 is 2.65 bits per heavy atom. The summed E-state index contributed by atoms with van der Waals surface area (Å²) in [6.45, 7) is 5.09. The molecule has 1 rings (SSSR count). The Labute approximate surface area is 118 Å². The summed E-state index contributed by atoms with van der Waals surface area (Å²) in [5.41, 5.74) is 2.04. The number of aliphatic carboxylic acids is 1. The van der Waals surface area contributed by atoms with E-state index in [0.29, 0.717) is 13.2 Å². The quantitative estimate of drug-likeness (QED) is 0.765. The average Bonchev–Trinajstić information content (AvgIpc) is 2.41. The lowest BCUT2D eigenvalue weighted by atomic mass is 10.1. The van der Waals surface area contributed by atoms with Crippen molar-refractivity contribution in [3.63, 3.8) is 0 Å². The van der Waals surface area contributed by atoms with Crippen LogP contribution in [-0.2, 0) is 16.1 Å². The summed E-state index contributed by atoms with van der Waals surface area (Å²) in [6.07, 6.45) is 0.821. The van der Waals surface area contributed by atoms with Gasteiger partial charge in [-0.05, 0) is 36.6 Å². The van der Waals surface area contributed by atoms with Crippen molar-refractivity contribution in [1.29, 1.82) is 0 Å². The van der Waals surface area contributed by atoms with Crippen LogP contribution in [0.15, 0.2) is 18.2 Å². The fourth-order valence-corrected chi connectivity index (χ4v) is 1.68. The molecule has 5 nitrogen and oxygen atoms in total. The Hall–Kier alpha value is -2.04. The minimum Gasteiger partial charge on any atom is -0.494 e. The third-order valence-corrected chi connectivity index (χ3v) is 2.83. The molecule has 0 spiro atoms. The number of amides is 1. The molecule has 0 unspecified atom stereocenters. The van der Waals surface area contributed by atoms with Crippen LogP contribution in [0.1, 0.15) is 37.3 Å². The fourth-order valence-electron chi connectivity index (χ4n) is 1.68. The van der Waals surface area contributed by atoms with Crippen LogP contribution in [0.25, 0.3) is 0 Å². The molecule has 0 fully saturated rings. The van der Waals surface area contributed by atoms with Crippen LogP contribution in [0.4, 0.5) is 0 Å². The van der Waals surface area contributed by atoms with Gasteiger partial charge in [-0.25, -0.2) is 0 Å². The highest BCUT2D eigenvalue weighted by Gasteiger charge is 2.06. The predicted octanol–water partition coefficient (Wildman–Crippen LogP) is 2.26. The summed E-state index contributed by atoms with van der Waals surface area (Å²) < 4.78 is 5.53. The molecule has 0 bridgehead atoms. The highest BCUT2D eigenvalue weighted by Crippen LogP contribution is 2.17. The van der Waals surface area contributed by atoms with Gasteiger partial charge in [-0.15, -0.1) is 0 Å². The van der Waals surface area contributed by atoms with Gasteiger partial charge in [0.2, 0.25) is 5.91 Å². The van der Waals surface area contributed by atoms with Gasteiger partial charge in [0.1, 0.15) is 5.75 Å². The van der Waals surface area contributed by atoms with E-state index in [2.05, 4.69) is 5.32 Å². The summed E-state index contributed by atoms with van der Waals surface area (Å²) in [6, 6.07) is 5.73. The van der Waals surface area contributed by atoms with Gasteiger partial charge in [0.05, 0.1) is 13.0 Å². The highest BCUT2D eigenvalue weighted by atomic mass is 16.5. The number of carboxylic acids is 1. The van der Waals surface area contributed by atoms with Crippen LogP contribution >= 0.6 is 0 Å². The maximum absolute atomic E-state index is 11.4. The van der Waals surface area contributed by atoms with Crippen LogP contribution in [0.2, 0.25) is 0 Å². The molecular weight excluding hydrogens is 258 g/mol. The molecule has 20 heavy (non-hydrogen) atoms. The van der Waals surface area contributed by atoms with E-state index in [1.54, 1.807) is 0 Å². The van der Waals surface area contributed by atoms with Gasteiger partial charge in [-0.3, -0.25) is 9.59 Å². The molecule has 1 amide bonds. The number of rotatable bonds is 8. The Morgan fingerprint density at radius 1 is 1.30 bits per heavy atom. The van der Waals surface area contributed by atoms with Crippen molar-refractivity contribution in [2.45, 2.75) is 39.7 Å². The van der Waals surface area contributed by atoms with Crippen molar-refractivity contribution < 1.29 is 19.4 Å². The van der Waals surface area contributed by atoms with Crippen molar-refractivity contribution >= 4 is 11.9 Å². The third kappa shape index (κ3) is 5.73. The Balaban J connectivity index is 2.47. The van der Waals surface area contributed by atoms with Crippen LogP contribution in [0, 0.1) is 6.92 Å². The van der Waals surface area contributed by atoms with Crippen molar-refractivity contribution in [2.24, 2.45) is 0 Å². The molecule has 0 aromatic heterocycles. The molecule has 0 radical (unpaired) electrons. The molecule has 0 aliphatic carbocycles. The standard InChI is InChI=1S/C15H21NO4/c1-3-8-20-13-5-4-12(11(2)9-13)10-16-14(17)6-7-15(18)19/h4-5,9H,3,6-8,10H2,1-2H3,(H,16,17)(H,18,19). The number of ether oxygens (including phenoxy) is 1. The van der Waals surface area contributed by atoms with E-state index in [-0.39, 0.29) is 18.7 Å². The van der Waals surface area contributed by atoms with Gasteiger partial charge < -0.3 is 15.2 Å². The van der Waals surface area contributed by atoms with Crippen LogP contribution in [0.5, 0.6) is 5.75 Å². The van der Waals surface area contributed by atoms with Crippen molar-refractivity contribution in [3.05, 3.63) is 29.3 Å². The van der Waals surface area contributed by atoms with Gasteiger partial charge >= 0.3 is 5.97 Å². The zero-order chi connectivity index (χ0) is 15.0. The summed E-state index contributed by atoms with van der Waals surface area (Å²) in [4.78, 5) is 21.8. The van der Waals surface area contributed by atoms with E-state index in [9.17, 15) is 9.59 Å². The summed E-state index contributed by atoms with van der Waals surface area (Å²) >= 11 is 0. The van der Waals surface area contributed by atoms with Crippen molar-refractivity contribution in [1.82, 2.24) is 5.32 Å². The third-order valence-electron chi connectivity index (χ3n) is 2.83. The number of benzene rings is 1. The maximum Gasteiger partial charge on any atom is 0.303 e. The van der Waals surface area contributed by atoms with E-state index in [1.807, 2.05) is 32.0 Å². The zero-order valence-electron chi connectivity index (χ0n) is 11.9. The van der Waals surface area contributed by atoms with Gasteiger partial charge in [0, 0.05) is 13.0 Å². The maximum atomic E-state index is 11.4. The fraction of sp³-hybridized carbons (Fsp3) is 0.467. The lowest BCUT2D eigenvalue weighted by Gasteiger charge is -2.10. The molecule has 0 heterocycles. The lowest BCUT2D eigenvalue weighted by molar-refractivity contribution is -0.138. The summed E-state index contributed by atoms with van der Waals surface area (Å²) in [5.74, 6) is -0.392. The van der Waals surface area contributed by atoms with Crippen molar-refractivity contribution in [3.8, 4) is 5.75 Å². The molecule has 0 aliphatic rings. The van der Waals surface area contributed by atoms with Crippen LogP contribution in [-0.4, -0.2) is 23.6 Å². The average molecular weight is 279 g/mol. The first-order valence-electron chi connectivity index (χ1n) is 6.73. The molecule has 2 N–H and O–H groups in total. The van der Waals surface area contributed by atoms with Crippen LogP contribution < -0.4 is 10.1 Å². The van der Waals surface area contributed by atoms with Gasteiger partial charge in [-0.1, -0.05) is 13.0 Å². The minimum absolute atomic E-state index is 0.00603. The van der Waals surface area contributed by atoms with E-state index in [0.717, 1.165) is 23.3 Å². The largest absolute Gasteiger partial charge is 0.494 e. The monoisotopic (exact) mass is 279 g/mol. The number of carboxylic acid groups (broad SMARTS) is 1. The molecule has 0 saturated heterocycles. The Morgan fingerprint density at radius 2 is 2.05 bits per heavy atom. The molecule has 5 heteroatoms. The SMILES string of the molecule is CCCOc1ccc(CNC(=O)CCC(=O)O)c(C)c1. The molecule has 0 aliphatic heterocycles. The van der Waals surface area contributed by atoms with E-state index in [4.69, 9.17) is 9.84 Å². The molecule has 1 aromatic carbocycles. The number of aryl methyl sites for hydroxylation is 1. The molecule has 0 saturated carbocycles. The number of hydrogen-bond acceptors (Lipinski definition) is 3. The van der Waals surface area contributed by atoms with E-state index in [1.165, 1.54) is 0 Å². The molecule has 1 aromatic rings. The predicted molar refractivity (Wildman–Crippen MR) is 75.7 cm³/mol. The second kappa shape index (κ2) is 8.19. The van der Waals surface area contributed by atoms with Gasteiger partial charge in [-0.2, -0.15) is 0 Å².